The molecule has 0 saturated carbocycles. The molecule has 0 fully saturated rings. The van der Waals surface area contributed by atoms with E-state index in [4.69, 9.17) is 4.74 Å². The van der Waals surface area contributed by atoms with E-state index in [2.05, 4.69) is 40.8 Å². The molecule has 6 nitrogen and oxygen atoms in total. The van der Waals surface area contributed by atoms with E-state index >= 15 is 0 Å². The van der Waals surface area contributed by atoms with Crippen LogP contribution in [0.15, 0.2) is 36.9 Å². The number of nitrogens with zero attached hydrogens (tertiary/aromatic N) is 4. The number of hydrogen-bond acceptors (Lipinski definition) is 5. The molecule has 1 atom stereocenters. The van der Waals surface area contributed by atoms with Crippen LogP contribution in [0.25, 0.3) is 5.69 Å². The van der Waals surface area contributed by atoms with Crippen LogP contribution in [-0.4, -0.2) is 51.4 Å². The van der Waals surface area contributed by atoms with Gasteiger partial charge in [-0.2, -0.15) is 0 Å². The van der Waals surface area contributed by atoms with Crippen LogP contribution in [0.4, 0.5) is 0 Å². The van der Waals surface area contributed by atoms with Gasteiger partial charge in [0, 0.05) is 5.69 Å². The Hall–Kier alpha value is -2.65. The molecule has 0 aliphatic carbocycles. The summed E-state index contributed by atoms with van der Waals surface area (Å²) in [5.41, 5.74) is 1.37. The summed E-state index contributed by atoms with van der Waals surface area (Å²) >= 11 is 0. The van der Waals surface area contributed by atoms with Crippen molar-refractivity contribution < 1.29 is 9.53 Å². The van der Waals surface area contributed by atoms with Crippen LogP contribution in [0.1, 0.15) is 31.1 Å². The van der Waals surface area contributed by atoms with Crippen LogP contribution in [0.2, 0.25) is 0 Å². The van der Waals surface area contributed by atoms with Gasteiger partial charge in [0.25, 0.3) is 0 Å². The van der Waals surface area contributed by atoms with Crippen molar-refractivity contribution in [2.45, 2.75) is 26.9 Å². The molecule has 0 unspecified atom stereocenters. The van der Waals surface area contributed by atoms with Crippen molar-refractivity contribution in [1.29, 1.82) is 0 Å². The number of esters is 1. The van der Waals surface area contributed by atoms with Crippen molar-refractivity contribution in [3.63, 3.8) is 0 Å². The maximum atomic E-state index is 12.1. The first-order valence-corrected chi connectivity index (χ1v) is 8.00. The lowest BCUT2D eigenvalue weighted by molar-refractivity contribution is 0.0438. The zero-order chi connectivity index (χ0) is 17.4. The van der Waals surface area contributed by atoms with Crippen LogP contribution in [0.5, 0.6) is 0 Å². The molecule has 2 aromatic rings. The van der Waals surface area contributed by atoms with Gasteiger partial charge in [0.05, 0.1) is 12.1 Å². The maximum Gasteiger partial charge on any atom is 0.339 e. The fraction of sp³-hybridized carbons (Fsp3) is 0.389. The highest BCUT2D eigenvalue weighted by Crippen LogP contribution is 2.10. The standard InChI is InChI=1S/C18H22N4O2/c1-4-21(5-2)12-6-7-15(3)24-18(23)16-8-10-17(11-9-16)22-13-19-20-14-22/h8-11,13-15H,4-5,12H2,1-3H3/t15-/m1/s1. The fourth-order valence-corrected chi connectivity index (χ4v) is 2.11. The Kier molecular flexibility index (Phi) is 6.52. The molecule has 1 aromatic heterocycles. The van der Waals surface area contributed by atoms with E-state index in [0.29, 0.717) is 12.1 Å². The highest BCUT2D eigenvalue weighted by Gasteiger charge is 2.10. The van der Waals surface area contributed by atoms with Crippen LogP contribution >= 0.6 is 0 Å². The van der Waals surface area contributed by atoms with Gasteiger partial charge in [-0.3, -0.25) is 9.47 Å². The summed E-state index contributed by atoms with van der Waals surface area (Å²) in [4.78, 5) is 14.3. The summed E-state index contributed by atoms with van der Waals surface area (Å²) < 4.78 is 7.11. The molecule has 126 valence electrons. The number of hydrogen-bond donors (Lipinski definition) is 0. The van der Waals surface area contributed by atoms with Crippen molar-refractivity contribution >= 4 is 5.97 Å². The quantitative estimate of drug-likeness (QED) is 0.601. The summed E-state index contributed by atoms with van der Waals surface area (Å²) in [6, 6.07) is 7.06. The van der Waals surface area contributed by atoms with Gasteiger partial charge in [-0.05, 0) is 44.3 Å². The smallest absolute Gasteiger partial charge is 0.339 e. The second-order valence-electron chi connectivity index (χ2n) is 5.25. The number of ether oxygens (including phenoxy) is 1. The molecule has 2 rings (SSSR count). The Labute approximate surface area is 142 Å². The molecule has 0 saturated heterocycles. The average molecular weight is 326 g/mol. The van der Waals surface area contributed by atoms with Gasteiger partial charge >= 0.3 is 5.97 Å². The molecule has 0 aliphatic heterocycles. The predicted molar refractivity (Wildman–Crippen MR) is 91.8 cm³/mol. The van der Waals surface area contributed by atoms with Crippen LogP contribution in [0, 0.1) is 11.8 Å². The Balaban J connectivity index is 1.91. The van der Waals surface area contributed by atoms with Gasteiger partial charge in [-0.25, -0.2) is 4.79 Å². The summed E-state index contributed by atoms with van der Waals surface area (Å²) in [6.45, 7) is 8.56. The number of carbonyl (C=O) groups is 1. The van der Waals surface area contributed by atoms with Crippen LogP contribution in [-0.2, 0) is 4.74 Å². The Morgan fingerprint density at radius 1 is 1.21 bits per heavy atom. The first-order valence-electron chi connectivity index (χ1n) is 8.00. The van der Waals surface area contributed by atoms with Gasteiger partial charge in [0.1, 0.15) is 12.7 Å². The van der Waals surface area contributed by atoms with Gasteiger partial charge in [-0.1, -0.05) is 25.7 Å². The molecule has 0 amide bonds. The zero-order valence-electron chi connectivity index (χ0n) is 14.3. The average Bonchev–Trinajstić information content (AvgIpc) is 3.13. The largest absolute Gasteiger partial charge is 0.446 e. The molecular weight excluding hydrogens is 304 g/mol. The number of benzene rings is 1. The SMILES string of the molecule is CCN(CC)CC#C[C@@H](C)OC(=O)c1ccc(-n2cnnc2)cc1. The van der Waals surface area contributed by atoms with Crippen LogP contribution in [0.3, 0.4) is 0 Å². The normalized spacial score (nSPS) is 11.7. The Bertz CT molecular complexity index is 695. The van der Waals surface area contributed by atoms with E-state index in [1.54, 1.807) is 36.3 Å². The molecule has 1 aromatic carbocycles. The number of rotatable bonds is 6. The predicted octanol–water partition coefficient (Wildman–Crippen LogP) is 2.16. The summed E-state index contributed by atoms with van der Waals surface area (Å²) in [5.74, 6) is 5.63. The minimum absolute atomic E-state index is 0.380. The van der Waals surface area contributed by atoms with Gasteiger partial charge in [-0.15, -0.1) is 10.2 Å². The molecule has 24 heavy (non-hydrogen) atoms. The summed E-state index contributed by atoms with van der Waals surface area (Å²) in [5, 5.41) is 7.50. The minimum atomic E-state index is -0.439. The van der Waals surface area contributed by atoms with E-state index in [1.807, 2.05) is 12.1 Å². The highest BCUT2D eigenvalue weighted by molar-refractivity contribution is 5.89. The maximum absolute atomic E-state index is 12.1. The van der Waals surface area contributed by atoms with E-state index in [-0.39, 0.29) is 5.97 Å². The lowest BCUT2D eigenvalue weighted by Gasteiger charge is -2.13. The zero-order valence-corrected chi connectivity index (χ0v) is 14.3. The molecule has 0 N–H and O–H groups in total. The Morgan fingerprint density at radius 2 is 1.83 bits per heavy atom. The van der Waals surface area contributed by atoms with Gasteiger partial charge in [0.2, 0.25) is 0 Å². The van der Waals surface area contributed by atoms with E-state index in [0.717, 1.165) is 18.8 Å². The lowest BCUT2D eigenvalue weighted by Crippen LogP contribution is -2.23. The third-order valence-corrected chi connectivity index (χ3v) is 3.61. The number of carbonyl (C=O) groups excluding carboxylic acids is 1. The second-order valence-corrected chi connectivity index (χ2v) is 5.25. The third kappa shape index (κ3) is 4.93. The van der Waals surface area contributed by atoms with Gasteiger partial charge < -0.3 is 4.74 Å². The van der Waals surface area contributed by atoms with E-state index in [1.165, 1.54) is 0 Å². The van der Waals surface area contributed by atoms with Crippen molar-refractivity contribution in [3.8, 4) is 17.5 Å². The molecule has 1 heterocycles. The van der Waals surface area contributed by atoms with E-state index in [9.17, 15) is 4.79 Å². The first kappa shape index (κ1) is 17.7. The fourth-order valence-electron chi connectivity index (χ4n) is 2.11. The van der Waals surface area contributed by atoms with Crippen molar-refractivity contribution in [3.05, 3.63) is 42.5 Å². The molecule has 0 spiro atoms. The summed E-state index contributed by atoms with van der Waals surface area (Å²) in [6.07, 6.45) is 2.76. The molecule has 0 radical (unpaired) electrons. The van der Waals surface area contributed by atoms with E-state index < -0.39 is 6.10 Å². The topological polar surface area (TPSA) is 60.2 Å². The highest BCUT2D eigenvalue weighted by atomic mass is 16.5. The molecule has 0 bridgehead atoms. The third-order valence-electron chi connectivity index (χ3n) is 3.61. The van der Waals surface area contributed by atoms with Gasteiger partial charge in [0.15, 0.2) is 6.10 Å². The Morgan fingerprint density at radius 3 is 2.42 bits per heavy atom. The first-order chi connectivity index (χ1) is 11.6. The second kappa shape index (κ2) is 8.85. The molecule has 0 aliphatic rings. The van der Waals surface area contributed by atoms with Crippen molar-refractivity contribution in [1.82, 2.24) is 19.7 Å². The van der Waals surface area contributed by atoms with Crippen molar-refractivity contribution in [2.75, 3.05) is 19.6 Å². The molecular formula is C18H22N4O2. The monoisotopic (exact) mass is 326 g/mol. The lowest BCUT2D eigenvalue weighted by atomic mass is 10.2. The number of aromatic nitrogens is 3. The van der Waals surface area contributed by atoms with Crippen molar-refractivity contribution in [2.24, 2.45) is 0 Å². The van der Waals surface area contributed by atoms with Crippen LogP contribution < -0.4 is 0 Å². The summed E-state index contributed by atoms with van der Waals surface area (Å²) in [7, 11) is 0. The molecule has 6 heteroatoms. The minimum Gasteiger partial charge on any atom is -0.446 e.